The molecule has 0 fully saturated rings. The number of hydrogen-bond donors (Lipinski definition) is 0. The van der Waals surface area contributed by atoms with Gasteiger partial charge in [-0.05, 0) is 33.1 Å². The number of nitrogens with zero attached hydrogens (tertiary/aromatic N) is 1. The second-order valence-electron chi connectivity index (χ2n) is 3.81. The fourth-order valence-electron chi connectivity index (χ4n) is 1.65. The van der Waals surface area contributed by atoms with Crippen molar-refractivity contribution >= 4 is 5.91 Å². The molecule has 2 nitrogen and oxygen atoms in total. The number of carbonyl (C=O) groups is 1. The van der Waals surface area contributed by atoms with Crippen LogP contribution in [0.25, 0.3) is 0 Å². The van der Waals surface area contributed by atoms with Crippen molar-refractivity contribution in [1.29, 1.82) is 0 Å². The van der Waals surface area contributed by atoms with Crippen LogP contribution in [0.4, 0.5) is 0 Å². The standard InChI is InChI=1S/C13H25NO/c1-4-7-8-9-10-11-12-13(15)14(5-2)6-3/h4H,1,5-12H2,2-3H3. The zero-order valence-electron chi connectivity index (χ0n) is 10.3. The lowest BCUT2D eigenvalue weighted by Crippen LogP contribution is -2.30. The van der Waals surface area contributed by atoms with Crippen molar-refractivity contribution in [2.75, 3.05) is 13.1 Å². The van der Waals surface area contributed by atoms with Crippen LogP contribution in [0.5, 0.6) is 0 Å². The first kappa shape index (κ1) is 14.2. The summed E-state index contributed by atoms with van der Waals surface area (Å²) in [5.74, 6) is 0.309. The lowest BCUT2D eigenvalue weighted by molar-refractivity contribution is -0.130. The molecule has 0 rings (SSSR count). The van der Waals surface area contributed by atoms with E-state index in [9.17, 15) is 4.79 Å². The summed E-state index contributed by atoms with van der Waals surface area (Å²) in [5, 5.41) is 0. The average Bonchev–Trinajstić information content (AvgIpc) is 2.25. The number of amides is 1. The van der Waals surface area contributed by atoms with Gasteiger partial charge in [0.25, 0.3) is 0 Å². The Hall–Kier alpha value is -0.790. The predicted octanol–water partition coefficient (Wildman–Crippen LogP) is 3.38. The number of rotatable bonds is 9. The van der Waals surface area contributed by atoms with E-state index in [4.69, 9.17) is 0 Å². The van der Waals surface area contributed by atoms with Gasteiger partial charge in [0.05, 0.1) is 0 Å². The summed E-state index contributed by atoms with van der Waals surface area (Å²) in [6.07, 6.45) is 8.41. The molecule has 0 spiro atoms. The lowest BCUT2D eigenvalue weighted by atomic mass is 10.1. The number of unbranched alkanes of at least 4 members (excludes halogenated alkanes) is 4. The van der Waals surface area contributed by atoms with Gasteiger partial charge in [0.2, 0.25) is 5.91 Å². The molecule has 0 aromatic heterocycles. The Morgan fingerprint density at radius 1 is 1.13 bits per heavy atom. The van der Waals surface area contributed by atoms with Crippen molar-refractivity contribution in [1.82, 2.24) is 4.90 Å². The highest BCUT2D eigenvalue weighted by molar-refractivity contribution is 5.75. The summed E-state index contributed by atoms with van der Waals surface area (Å²) < 4.78 is 0. The summed E-state index contributed by atoms with van der Waals surface area (Å²) in [6, 6.07) is 0. The predicted molar refractivity (Wildman–Crippen MR) is 65.8 cm³/mol. The van der Waals surface area contributed by atoms with E-state index in [1.165, 1.54) is 19.3 Å². The average molecular weight is 211 g/mol. The molecule has 0 aromatic rings. The molecule has 0 saturated carbocycles. The summed E-state index contributed by atoms with van der Waals surface area (Å²) >= 11 is 0. The van der Waals surface area contributed by atoms with Crippen molar-refractivity contribution < 1.29 is 4.79 Å². The Kier molecular flexibility index (Phi) is 9.24. The minimum atomic E-state index is 0.309. The second-order valence-corrected chi connectivity index (χ2v) is 3.81. The van der Waals surface area contributed by atoms with Gasteiger partial charge in [-0.3, -0.25) is 4.79 Å². The van der Waals surface area contributed by atoms with Crippen LogP contribution >= 0.6 is 0 Å². The van der Waals surface area contributed by atoms with Gasteiger partial charge >= 0.3 is 0 Å². The van der Waals surface area contributed by atoms with Crippen LogP contribution in [0.3, 0.4) is 0 Å². The first-order chi connectivity index (χ1) is 7.26. The van der Waals surface area contributed by atoms with Crippen molar-refractivity contribution in [3.05, 3.63) is 12.7 Å². The number of allylic oxidation sites excluding steroid dienone is 1. The second kappa shape index (κ2) is 9.75. The van der Waals surface area contributed by atoms with Gasteiger partial charge in [-0.2, -0.15) is 0 Å². The number of carbonyl (C=O) groups excluding carboxylic acids is 1. The lowest BCUT2D eigenvalue weighted by Gasteiger charge is -2.18. The molecule has 0 saturated heterocycles. The third-order valence-electron chi connectivity index (χ3n) is 2.67. The van der Waals surface area contributed by atoms with Crippen molar-refractivity contribution in [3.63, 3.8) is 0 Å². The largest absolute Gasteiger partial charge is 0.343 e. The van der Waals surface area contributed by atoms with Crippen LogP contribution in [0.2, 0.25) is 0 Å². The quantitative estimate of drug-likeness (QED) is 0.423. The van der Waals surface area contributed by atoms with E-state index in [-0.39, 0.29) is 0 Å². The molecule has 15 heavy (non-hydrogen) atoms. The molecule has 1 amide bonds. The molecule has 0 heterocycles. The van der Waals surface area contributed by atoms with Gasteiger partial charge in [0.1, 0.15) is 0 Å². The zero-order chi connectivity index (χ0) is 11.5. The minimum absolute atomic E-state index is 0.309. The highest BCUT2D eigenvalue weighted by Gasteiger charge is 2.07. The van der Waals surface area contributed by atoms with Crippen LogP contribution < -0.4 is 0 Å². The summed E-state index contributed by atoms with van der Waals surface area (Å²) in [6.45, 7) is 9.44. The normalized spacial score (nSPS) is 10.0. The molecule has 2 heteroatoms. The molecule has 0 aliphatic rings. The van der Waals surface area contributed by atoms with E-state index in [0.717, 1.165) is 32.4 Å². The fraction of sp³-hybridized carbons (Fsp3) is 0.769. The highest BCUT2D eigenvalue weighted by Crippen LogP contribution is 2.07. The molecular formula is C13H25NO. The molecule has 0 aliphatic heterocycles. The Morgan fingerprint density at radius 3 is 2.27 bits per heavy atom. The molecule has 0 aromatic carbocycles. The van der Waals surface area contributed by atoms with Gasteiger partial charge < -0.3 is 4.90 Å². The Labute approximate surface area is 94.4 Å². The maximum Gasteiger partial charge on any atom is 0.222 e. The zero-order valence-corrected chi connectivity index (χ0v) is 10.3. The minimum Gasteiger partial charge on any atom is -0.343 e. The van der Waals surface area contributed by atoms with Crippen LogP contribution in [0, 0.1) is 0 Å². The van der Waals surface area contributed by atoms with E-state index in [1.807, 2.05) is 24.8 Å². The van der Waals surface area contributed by atoms with Gasteiger partial charge in [-0.15, -0.1) is 6.58 Å². The summed E-state index contributed by atoms with van der Waals surface area (Å²) in [7, 11) is 0. The van der Waals surface area contributed by atoms with E-state index in [1.54, 1.807) is 0 Å². The molecule has 0 unspecified atom stereocenters. The molecule has 0 bridgehead atoms. The van der Waals surface area contributed by atoms with Gasteiger partial charge in [-0.1, -0.05) is 18.9 Å². The van der Waals surface area contributed by atoms with Crippen LogP contribution in [-0.4, -0.2) is 23.9 Å². The first-order valence-corrected chi connectivity index (χ1v) is 6.14. The third-order valence-corrected chi connectivity index (χ3v) is 2.67. The fourth-order valence-corrected chi connectivity index (χ4v) is 1.65. The molecular weight excluding hydrogens is 186 g/mol. The third kappa shape index (κ3) is 7.18. The number of hydrogen-bond acceptors (Lipinski definition) is 1. The van der Waals surface area contributed by atoms with Crippen molar-refractivity contribution in [2.24, 2.45) is 0 Å². The maximum atomic E-state index is 11.6. The monoisotopic (exact) mass is 211 g/mol. The van der Waals surface area contributed by atoms with Gasteiger partial charge in [-0.25, -0.2) is 0 Å². The van der Waals surface area contributed by atoms with Crippen LogP contribution in [0.15, 0.2) is 12.7 Å². The van der Waals surface area contributed by atoms with Gasteiger partial charge in [0, 0.05) is 19.5 Å². The van der Waals surface area contributed by atoms with E-state index in [0.29, 0.717) is 5.91 Å². The maximum absolute atomic E-state index is 11.6. The van der Waals surface area contributed by atoms with Crippen molar-refractivity contribution in [3.8, 4) is 0 Å². The Balaban J connectivity index is 3.41. The summed E-state index contributed by atoms with van der Waals surface area (Å²) in [4.78, 5) is 13.5. The van der Waals surface area contributed by atoms with Crippen LogP contribution in [0.1, 0.15) is 52.4 Å². The highest BCUT2D eigenvalue weighted by atomic mass is 16.2. The molecule has 0 atom stereocenters. The first-order valence-electron chi connectivity index (χ1n) is 6.14. The van der Waals surface area contributed by atoms with E-state index in [2.05, 4.69) is 6.58 Å². The molecule has 88 valence electrons. The van der Waals surface area contributed by atoms with Crippen LogP contribution in [-0.2, 0) is 4.79 Å². The molecule has 0 aliphatic carbocycles. The SMILES string of the molecule is C=CCCCCCCC(=O)N(CC)CC. The Bertz CT molecular complexity index is 173. The van der Waals surface area contributed by atoms with E-state index < -0.39 is 0 Å². The topological polar surface area (TPSA) is 20.3 Å². The molecule has 0 radical (unpaired) electrons. The smallest absolute Gasteiger partial charge is 0.222 e. The Morgan fingerprint density at radius 2 is 1.73 bits per heavy atom. The molecule has 0 N–H and O–H groups in total. The van der Waals surface area contributed by atoms with Gasteiger partial charge in [0.15, 0.2) is 0 Å². The van der Waals surface area contributed by atoms with Crippen molar-refractivity contribution in [2.45, 2.75) is 52.4 Å². The van der Waals surface area contributed by atoms with E-state index >= 15 is 0 Å². The summed E-state index contributed by atoms with van der Waals surface area (Å²) in [5.41, 5.74) is 0.